The molecular weight excluding hydrogens is 503 g/mol. The maximum absolute atomic E-state index is 13.1. The lowest BCUT2D eigenvalue weighted by Gasteiger charge is -2.40. The van der Waals surface area contributed by atoms with Crippen molar-refractivity contribution in [3.05, 3.63) is 52.1 Å². The summed E-state index contributed by atoms with van der Waals surface area (Å²) in [5.41, 5.74) is -0.582. The SMILES string of the molecule is COCCNC(=O)c1ccc(N2C3CCC2CC(NC(=O)C(C)(C)Oc2ccc(Cl)cc2Cl)C3)nc1. The molecule has 2 aromatic rings. The van der Waals surface area contributed by atoms with Crippen molar-refractivity contribution in [2.45, 2.75) is 63.3 Å². The van der Waals surface area contributed by atoms with Gasteiger partial charge in [0.05, 0.1) is 17.2 Å². The van der Waals surface area contributed by atoms with Crippen molar-refractivity contribution < 1.29 is 19.1 Å². The van der Waals surface area contributed by atoms with Crippen molar-refractivity contribution in [1.29, 1.82) is 0 Å². The lowest BCUT2D eigenvalue weighted by atomic mass is 9.96. The summed E-state index contributed by atoms with van der Waals surface area (Å²) >= 11 is 12.2. The van der Waals surface area contributed by atoms with Gasteiger partial charge < -0.3 is 25.0 Å². The molecule has 36 heavy (non-hydrogen) atoms. The van der Waals surface area contributed by atoms with Crippen molar-refractivity contribution in [1.82, 2.24) is 15.6 Å². The predicted octanol–water partition coefficient (Wildman–Crippen LogP) is 4.24. The van der Waals surface area contributed by atoms with Crippen LogP contribution < -0.4 is 20.3 Å². The average Bonchev–Trinajstić information content (AvgIpc) is 3.11. The summed E-state index contributed by atoms with van der Waals surface area (Å²) in [4.78, 5) is 32.3. The first-order valence-corrected chi connectivity index (χ1v) is 12.9. The highest BCUT2D eigenvalue weighted by Crippen LogP contribution is 2.39. The molecule has 1 aromatic carbocycles. The second kappa shape index (κ2) is 11.2. The number of nitrogens with one attached hydrogen (secondary N) is 2. The van der Waals surface area contributed by atoms with Crippen LogP contribution in [0.15, 0.2) is 36.5 Å². The minimum Gasteiger partial charge on any atom is -0.476 e. The fourth-order valence-corrected chi connectivity index (χ4v) is 5.40. The van der Waals surface area contributed by atoms with E-state index in [1.807, 2.05) is 6.07 Å². The summed E-state index contributed by atoms with van der Waals surface area (Å²) < 4.78 is 10.9. The van der Waals surface area contributed by atoms with Crippen molar-refractivity contribution >= 4 is 40.8 Å². The Labute approximate surface area is 221 Å². The Kier molecular flexibility index (Phi) is 8.27. The van der Waals surface area contributed by atoms with Crippen molar-refractivity contribution in [2.24, 2.45) is 0 Å². The van der Waals surface area contributed by atoms with E-state index in [4.69, 9.17) is 32.7 Å². The first-order valence-electron chi connectivity index (χ1n) is 12.1. The molecule has 2 saturated heterocycles. The fourth-order valence-electron chi connectivity index (χ4n) is 4.95. The molecule has 8 nitrogen and oxygen atoms in total. The van der Waals surface area contributed by atoms with Gasteiger partial charge in [-0.05, 0) is 69.9 Å². The Balaban J connectivity index is 1.35. The minimum absolute atomic E-state index is 0.0423. The van der Waals surface area contributed by atoms with E-state index in [2.05, 4.69) is 20.5 Å². The third kappa shape index (κ3) is 6.05. The number of fused-ring (bicyclic) bond motifs is 2. The molecule has 0 spiro atoms. The number of ether oxygens (including phenoxy) is 2. The van der Waals surface area contributed by atoms with Crippen LogP contribution in [0.5, 0.6) is 5.75 Å². The number of rotatable bonds is 9. The van der Waals surface area contributed by atoms with Gasteiger partial charge in [0.2, 0.25) is 0 Å². The molecule has 0 aliphatic carbocycles. The Morgan fingerprint density at radius 1 is 1.14 bits per heavy atom. The van der Waals surface area contributed by atoms with Gasteiger partial charge >= 0.3 is 0 Å². The highest BCUT2D eigenvalue weighted by atomic mass is 35.5. The molecule has 2 atom stereocenters. The van der Waals surface area contributed by atoms with Crippen LogP contribution in [0.4, 0.5) is 5.82 Å². The van der Waals surface area contributed by atoms with Gasteiger partial charge in [-0.2, -0.15) is 0 Å². The zero-order valence-corrected chi connectivity index (χ0v) is 22.2. The number of methoxy groups -OCH3 is 1. The maximum atomic E-state index is 13.1. The topological polar surface area (TPSA) is 92.8 Å². The lowest BCUT2D eigenvalue weighted by molar-refractivity contribution is -0.135. The quantitative estimate of drug-likeness (QED) is 0.467. The van der Waals surface area contributed by atoms with Crippen LogP contribution in [0.1, 0.15) is 49.9 Å². The monoisotopic (exact) mass is 534 g/mol. The number of aromatic nitrogens is 1. The highest BCUT2D eigenvalue weighted by molar-refractivity contribution is 6.35. The summed E-state index contributed by atoms with van der Waals surface area (Å²) in [7, 11) is 1.59. The third-order valence-electron chi connectivity index (χ3n) is 6.74. The van der Waals surface area contributed by atoms with E-state index < -0.39 is 5.60 Å². The largest absolute Gasteiger partial charge is 0.476 e. The number of hydrogen-bond acceptors (Lipinski definition) is 6. The smallest absolute Gasteiger partial charge is 0.263 e. The van der Waals surface area contributed by atoms with Crippen LogP contribution in [0.3, 0.4) is 0 Å². The molecular formula is C26H32Cl2N4O4. The van der Waals surface area contributed by atoms with Crippen LogP contribution in [-0.2, 0) is 9.53 Å². The molecule has 194 valence electrons. The molecule has 0 radical (unpaired) electrons. The molecule has 3 heterocycles. The highest BCUT2D eigenvalue weighted by Gasteiger charge is 2.43. The van der Waals surface area contributed by atoms with E-state index in [0.717, 1.165) is 31.5 Å². The Bertz CT molecular complexity index is 1080. The van der Waals surface area contributed by atoms with Gasteiger partial charge in [0.25, 0.3) is 11.8 Å². The summed E-state index contributed by atoms with van der Waals surface area (Å²) in [6.45, 7) is 4.38. The van der Waals surface area contributed by atoms with E-state index in [0.29, 0.717) is 34.5 Å². The third-order valence-corrected chi connectivity index (χ3v) is 7.27. The van der Waals surface area contributed by atoms with E-state index in [9.17, 15) is 9.59 Å². The predicted molar refractivity (Wildman–Crippen MR) is 140 cm³/mol. The van der Waals surface area contributed by atoms with E-state index in [1.54, 1.807) is 51.4 Å². The first kappa shape index (κ1) is 26.5. The molecule has 2 unspecified atom stereocenters. The van der Waals surface area contributed by atoms with Crippen molar-refractivity contribution in [3.8, 4) is 5.75 Å². The second-order valence-corrected chi connectivity index (χ2v) is 10.6. The lowest BCUT2D eigenvalue weighted by Crippen LogP contribution is -2.55. The van der Waals surface area contributed by atoms with Gasteiger partial charge in [-0.25, -0.2) is 4.98 Å². The number of hydrogen-bond donors (Lipinski definition) is 2. The van der Waals surface area contributed by atoms with Crippen molar-refractivity contribution in [3.63, 3.8) is 0 Å². The number of carbonyl (C=O) groups excluding carboxylic acids is 2. The Hall–Kier alpha value is -2.55. The van der Waals surface area contributed by atoms with E-state index in [-0.39, 0.29) is 29.9 Å². The molecule has 0 saturated carbocycles. The fraction of sp³-hybridized carbons (Fsp3) is 0.500. The Morgan fingerprint density at radius 3 is 2.47 bits per heavy atom. The van der Waals surface area contributed by atoms with Crippen LogP contribution in [0.25, 0.3) is 0 Å². The standard InChI is InChI=1S/C26H32Cl2N4O4/c1-26(2,36-22-8-5-17(27)12-21(22)28)25(34)31-18-13-19-6-7-20(14-18)32(19)23-9-4-16(15-30-23)24(33)29-10-11-35-3/h4-5,8-9,12,15,18-20H,6-7,10-11,13-14H2,1-3H3,(H,29,33)(H,31,34). The number of amides is 2. The normalized spacial score (nSPS) is 21.2. The molecule has 2 amide bonds. The summed E-state index contributed by atoms with van der Waals surface area (Å²) in [5, 5.41) is 6.86. The number of carbonyl (C=O) groups is 2. The summed E-state index contributed by atoms with van der Waals surface area (Å²) in [6, 6.07) is 9.24. The van der Waals surface area contributed by atoms with Crippen molar-refractivity contribution in [2.75, 3.05) is 25.2 Å². The number of halogens is 2. The zero-order chi connectivity index (χ0) is 25.9. The van der Waals surface area contributed by atoms with Gasteiger partial charge in [0, 0.05) is 43.0 Å². The maximum Gasteiger partial charge on any atom is 0.263 e. The minimum atomic E-state index is -1.10. The summed E-state index contributed by atoms with van der Waals surface area (Å²) in [5.74, 6) is 0.924. The Morgan fingerprint density at radius 2 is 1.86 bits per heavy atom. The molecule has 2 aliphatic rings. The molecule has 2 aliphatic heterocycles. The van der Waals surface area contributed by atoms with Gasteiger partial charge in [0.15, 0.2) is 5.60 Å². The van der Waals surface area contributed by atoms with Gasteiger partial charge in [-0.1, -0.05) is 23.2 Å². The number of piperidine rings is 1. The molecule has 1 aromatic heterocycles. The van der Waals surface area contributed by atoms with E-state index >= 15 is 0 Å². The molecule has 2 N–H and O–H groups in total. The molecule has 2 bridgehead atoms. The van der Waals surface area contributed by atoms with Crippen LogP contribution >= 0.6 is 23.2 Å². The zero-order valence-electron chi connectivity index (χ0n) is 20.7. The first-order chi connectivity index (χ1) is 17.2. The van der Waals surface area contributed by atoms with Gasteiger partial charge in [0.1, 0.15) is 11.6 Å². The summed E-state index contributed by atoms with van der Waals surface area (Å²) in [6.07, 6.45) is 5.34. The number of pyridine rings is 1. The van der Waals surface area contributed by atoms with Gasteiger partial charge in [-0.3, -0.25) is 9.59 Å². The number of nitrogens with zero attached hydrogens (tertiary/aromatic N) is 2. The molecule has 10 heteroatoms. The van der Waals surface area contributed by atoms with Crippen LogP contribution in [0.2, 0.25) is 10.0 Å². The van der Waals surface area contributed by atoms with Gasteiger partial charge in [-0.15, -0.1) is 0 Å². The average molecular weight is 535 g/mol. The van der Waals surface area contributed by atoms with E-state index in [1.165, 1.54) is 0 Å². The number of anilines is 1. The number of benzene rings is 1. The second-order valence-electron chi connectivity index (χ2n) is 9.77. The van der Waals surface area contributed by atoms with Crippen LogP contribution in [0, 0.1) is 0 Å². The molecule has 2 fully saturated rings. The molecule has 4 rings (SSSR count). The van der Waals surface area contributed by atoms with Crippen LogP contribution in [-0.4, -0.2) is 60.8 Å².